The van der Waals surface area contributed by atoms with Crippen LogP contribution in [0.2, 0.25) is 0 Å². The molecule has 0 N–H and O–H groups in total. The molecule has 0 saturated carbocycles. The van der Waals surface area contributed by atoms with Gasteiger partial charge in [-0.2, -0.15) is 0 Å². The molecule has 0 spiro atoms. The SMILES string of the molecule is C=C/C=C\C=C(\C)C(C)C. The van der Waals surface area contributed by atoms with Gasteiger partial charge in [0, 0.05) is 0 Å². The number of rotatable bonds is 3. The monoisotopic (exact) mass is 136 g/mol. The molecule has 0 aliphatic carbocycles. The van der Waals surface area contributed by atoms with E-state index in [-0.39, 0.29) is 0 Å². The highest BCUT2D eigenvalue weighted by atomic mass is 14.0. The molecule has 0 aromatic heterocycles. The second-order valence-electron chi connectivity index (χ2n) is 2.69. The third-order valence-electron chi connectivity index (χ3n) is 1.52. The maximum absolute atomic E-state index is 3.59. The zero-order valence-corrected chi connectivity index (χ0v) is 7.09. The predicted octanol–water partition coefficient (Wildman–Crippen LogP) is 3.33. The first kappa shape index (κ1) is 9.22. The summed E-state index contributed by atoms with van der Waals surface area (Å²) in [5.74, 6) is 0.648. The largest absolute Gasteiger partial charge is 0.0991 e. The van der Waals surface area contributed by atoms with Crippen molar-refractivity contribution in [3.8, 4) is 0 Å². The maximum atomic E-state index is 3.59. The van der Waals surface area contributed by atoms with E-state index in [9.17, 15) is 0 Å². The second-order valence-corrected chi connectivity index (χ2v) is 2.69. The van der Waals surface area contributed by atoms with E-state index in [0.29, 0.717) is 5.92 Å². The van der Waals surface area contributed by atoms with Gasteiger partial charge < -0.3 is 0 Å². The Labute approximate surface area is 64.0 Å². The predicted molar refractivity (Wildman–Crippen MR) is 47.9 cm³/mol. The lowest BCUT2D eigenvalue weighted by molar-refractivity contribution is 0.769. The molecule has 0 amide bonds. The average molecular weight is 136 g/mol. The molecule has 10 heavy (non-hydrogen) atoms. The summed E-state index contributed by atoms with van der Waals surface area (Å²) in [7, 11) is 0. The zero-order chi connectivity index (χ0) is 7.98. The van der Waals surface area contributed by atoms with Crippen LogP contribution in [0.15, 0.2) is 36.5 Å². The van der Waals surface area contributed by atoms with E-state index in [0.717, 1.165) is 0 Å². The van der Waals surface area contributed by atoms with E-state index in [1.807, 2.05) is 12.2 Å². The third-order valence-corrected chi connectivity index (χ3v) is 1.52. The Morgan fingerprint density at radius 3 is 2.30 bits per heavy atom. The van der Waals surface area contributed by atoms with E-state index in [1.165, 1.54) is 5.57 Å². The highest BCUT2D eigenvalue weighted by Crippen LogP contribution is 2.06. The zero-order valence-electron chi connectivity index (χ0n) is 7.09. The molecule has 0 aromatic carbocycles. The molecule has 56 valence electrons. The van der Waals surface area contributed by atoms with Crippen LogP contribution in [0.5, 0.6) is 0 Å². The Hall–Kier alpha value is -0.780. The number of allylic oxidation sites excluding steroid dienone is 5. The smallest absolute Gasteiger partial charge is 0.0260 e. The van der Waals surface area contributed by atoms with Gasteiger partial charge in [-0.05, 0) is 12.8 Å². The van der Waals surface area contributed by atoms with Crippen LogP contribution in [0, 0.1) is 5.92 Å². The van der Waals surface area contributed by atoms with Crippen molar-refractivity contribution < 1.29 is 0 Å². The molecule has 0 heterocycles. The van der Waals surface area contributed by atoms with Crippen LogP contribution in [-0.2, 0) is 0 Å². The van der Waals surface area contributed by atoms with Crippen molar-refractivity contribution in [2.24, 2.45) is 5.92 Å². The van der Waals surface area contributed by atoms with Gasteiger partial charge in [0.05, 0.1) is 0 Å². The van der Waals surface area contributed by atoms with Gasteiger partial charge in [0.2, 0.25) is 0 Å². The van der Waals surface area contributed by atoms with Gasteiger partial charge in [-0.3, -0.25) is 0 Å². The van der Waals surface area contributed by atoms with Gasteiger partial charge in [-0.15, -0.1) is 0 Å². The summed E-state index contributed by atoms with van der Waals surface area (Å²) in [5, 5.41) is 0. The minimum atomic E-state index is 0.648. The van der Waals surface area contributed by atoms with Crippen molar-refractivity contribution in [2.45, 2.75) is 20.8 Å². The van der Waals surface area contributed by atoms with Gasteiger partial charge in [0.25, 0.3) is 0 Å². The van der Waals surface area contributed by atoms with E-state index in [2.05, 4.69) is 33.4 Å². The molecule has 0 bridgehead atoms. The summed E-state index contributed by atoms with van der Waals surface area (Å²) < 4.78 is 0. The van der Waals surface area contributed by atoms with Crippen LogP contribution < -0.4 is 0 Å². The fourth-order valence-corrected chi connectivity index (χ4v) is 0.478. The van der Waals surface area contributed by atoms with E-state index >= 15 is 0 Å². The number of hydrogen-bond acceptors (Lipinski definition) is 0. The van der Waals surface area contributed by atoms with Crippen LogP contribution in [0.1, 0.15) is 20.8 Å². The summed E-state index contributed by atoms with van der Waals surface area (Å²) in [5.41, 5.74) is 1.40. The Morgan fingerprint density at radius 1 is 1.30 bits per heavy atom. The fraction of sp³-hybridized carbons (Fsp3) is 0.400. The van der Waals surface area contributed by atoms with Gasteiger partial charge in [0.15, 0.2) is 0 Å². The Balaban J connectivity index is 3.91. The molecule has 0 fully saturated rings. The summed E-state index contributed by atoms with van der Waals surface area (Å²) in [4.78, 5) is 0. The van der Waals surface area contributed by atoms with Gasteiger partial charge >= 0.3 is 0 Å². The first-order chi connectivity index (χ1) is 4.68. The minimum absolute atomic E-state index is 0.648. The van der Waals surface area contributed by atoms with Crippen LogP contribution in [-0.4, -0.2) is 0 Å². The van der Waals surface area contributed by atoms with E-state index in [1.54, 1.807) is 6.08 Å². The van der Waals surface area contributed by atoms with Crippen molar-refractivity contribution in [1.82, 2.24) is 0 Å². The van der Waals surface area contributed by atoms with Crippen LogP contribution in [0.4, 0.5) is 0 Å². The van der Waals surface area contributed by atoms with Crippen molar-refractivity contribution in [3.05, 3.63) is 36.5 Å². The van der Waals surface area contributed by atoms with Gasteiger partial charge in [0.1, 0.15) is 0 Å². The molecule has 0 aliphatic heterocycles. The second kappa shape index (κ2) is 5.04. The van der Waals surface area contributed by atoms with Crippen molar-refractivity contribution in [1.29, 1.82) is 0 Å². The Bertz CT molecular complexity index is 147. The molecular formula is C10H16. The van der Waals surface area contributed by atoms with Crippen molar-refractivity contribution in [2.75, 3.05) is 0 Å². The first-order valence-corrected chi connectivity index (χ1v) is 3.64. The molecule has 0 aromatic rings. The molecule has 0 atom stereocenters. The number of hydrogen-bond donors (Lipinski definition) is 0. The lowest BCUT2D eigenvalue weighted by atomic mass is 10.1. The Morgan fingerprint density at radius 2 is 1.90 bits per heavy atom. The maximum Gasteiger partial charge on any atom is -0.0260 e. The first-order valence-electron chi connectivity index (χ1n) is 3.64. The summed E-state index contributed by atoms with van der Waals surface area (Å²) >= 11 is 0. The Kier molecular flexibility index (Phi) is 4.65. The lowest BCUT2D eigenvalue weighted by Gasteiger charge is -2.01. The third kappa shape index (κ3) is 4.13. The van der Waals surface area contributed by atoms with Crippen LogP contribution in [0.3, 0.4) is 0 Å². The molecular weight excluding hydrogens is 120 g/mol. The summed E-state index contributed by atoms with van der Waals surface area (Å²) in [6.45, 7) is 10.1. The summed E-state index contributed by atoms with van der Waals surface area (Å²) in [6, 6.07) is 0. The standard InChI is InChI=1S/C10H16/c1-5-6-7-8-10(4)9(2)3/h5-9H,1H2,2-4H3/b7-6-,10-8-. The molecule has 0 rings (SSSR count). The fourth-order valence-electron chi connectivity index (χ4n) is 0.478. The molecule has 0 aliphatic rings. The molecule has 0 unspecified atom stereocenters. The van der Waals surface area contributed by atoms with Crippen LogP contribution in [0.25, 0.3) is 0 Å². The highest BCUT2D eigenvalue weighted by Gasteiger charge is 1.91. The minimum Gasteiger partial charge on any atom is -0.0991 e. The lowest BCUT2D eigenvalue weighted by Crippen LogP contribution is -1.86. The normalized spacial score (nSPS) is 13.0. The molecule has 0 radical (unpaired) electrons. The van der Waals surface area contributed by atoms with Crippen LogP contribution >= 0.6 is 0 Å². The molecule has 0 saturated heterocycles. The van der Waals surface area contributed by atoms with E-state index < -0.39 is 0 Å². The van der Waals surface area contributed by atoms with Crippen molar-refractivity contribution in [3.63, 3.8) is 0 Å². The topological polar surface area (TPSA) is 0 Å². The van der Waals surface area contributed by atoms with Gasteiger partial charge in [-0.1, -0.05) is 50.3 Å². The molecule has 0 nitrogen and oxygen atoms in total. The average Bonchev–Trinajstić information content (AvgIpc) is 1.88. The highest BCUT2D eigenvalue weighted by molar-refractivity contribution is 5.15. The van der Waals surface area contributed by atoms with Crippen molar-refractivity contribution >= 4 is 0 Å². The molecule has 0 heteroatoms. The summed E-state index contributed by atoms with van der Waals surface area (Å²) in [6.07, 6.45) is 7.85. The van der Waals surface area contributed by atoms with E-state index in [4.69, 9.17) is 0 Å². The quantitative estimate of drug-likeness (QED) is 0.522. The van der Waals surface area contributed by atoms with Gasteiger partial charge in [-0.25, -0.2) is 0 Å².